The maximum absolute atomic E-state index is 11.1. The summed E-state index contributed by atoms with van der Waals surface area (Å²) in [6, 6.07) is 0. The number of carbonyl (C=O) groups is 1. The van der Waals surface area contributed by atoms with Crippen molar-refractivity contribution in [3.63, 3.8) is 0 Å². The lowest BCUT2D eigenvalue weighted by atomic mass is 10.1. The second kappa shape index (κ2) is 6.17. The van der Waals surface area contributed by atoms with Gasteiger partial charge in [0.15, 0.2) is 0 Å². The molecule has 94 valence electrons. The fourth-order valence-corrected chi connectivity index (χ4v) is 2.05. The third-order valence-corrected chi connectivity index (χ3v) is 2.87. The molecule has 6 nitrogen and oxygen atoms in total. The molecule has 1 aliphatic rings. The van der Waals surface area contributed by atoms with Gasteiger partial charge >= 0.3 is 0 Å². The van der Waals surface area contributed by atoms with Gasteiger partial charge in [-0.2, -0.15) is 0 Å². The summed E-state index contributed by atoms with van der Waals surface area (Å²) in [4.78, 5) is 11.1. The van der Waals surface area contributed by atoms with Crippen molar-refractivity contribution in [1.82, 2.24) is 10.0 Å². The van der Waals surface area contributed by atoms with Gasteiger partial charge in [-0.05, 0) is 25.9 Å². The van der Waals surface area contributed by atoms with Gasteiger partial charge in [0.2, 0.25) is 15.9 Å². The SMILES string of the molecule is CS(=O)(=O)NC(=O)CCOC1CCNCC1. The van der Waals surface area contributed by atoms with E-state index in [1.165, 1.54) is 0 Å². The number of piperidine rings is 1. The van der Waals surface area contributed by atoms with Crippen LogP contribution in [0, 0.1) is 0 Å². The van der Waals surface area contributed by atoms with Crippen molar-refractivity contribution in [3.8, 4) is 0 Å². The predicted molar refractivity (Wildman–Crippen MR) is 59.4 cm³/mol. The van der Waals surface area contributed by atoms with Gasteiger partial charge in [0, 0.05) is 0 Å². The Morgan fingerprint density at radius 1 is 1.44 bits per heavy atom. The minimum atomic E-state index is -3.44. The summed E-state index contributed by atoms with van der Waals surface area (Å²) in [6.45, 7) is 2.13. The highest BCUT2D eigenvalue weighted by molar-refractivity contribution is 7.89. The molecule has 0 bridgehead atoms. The maximum Gasteiger partial charge on any atom is 0.235 e. The number of sulfonamides is 1. The molecule has 1 fully saturated rings. The minimum absolute atomic E-state index is 0.0804. The van der Waals surface area contributed by atoms with Crippen LogP contribution in [0.15, 0.2) is 0 Å². The highest BCUT2D eigenvalue weighted by atomic mass is 32.2. The van der Waals surface area contributed by atoms with E-state index in [0.29, 0.717) is 0 Å². The Hall–Kier alpha value is -0.660. The zero-order chi connectivity index (χ0) is 12.0. The largest absolute Gasteiger partial charge is 0.378 e. The van der Waals surface area contributed by atoms with E-state index in [0.717, 1.165) is 32.2 Å². The Morgan fingerprint density at radius 2 is 2.06 bits per heavy atom. The summed E-state index contributed by atoms with van der Waals surface area (Å²) >= 11 is 0. The van der Waals surface area contributed by atoms with Crippen molar-refractivity contribution in [2.24, 2.45) is 0 Å². The monoisotopic (exact) mass is 250 g/mol. The van der Waals surface area contributed by atoms with Crippen LogP contribution in [0.2, 0.25) is 0 Å². The number of amides is 1. The molecule has 0 spiro atoms. The topological polar surface area (TPSA) is 84.5 Å². The summed E-state index contributed by atoms with van der Waals surface area (Å²) in [5.74, 6) is -0.517. The van der Waals surface area contributed by atoms with Crippen molar-refractivity contribution in [2.45, 2.75) is 25.4 Å². The molecule has 1 heterocycles. The number of nitrogens with one attached hydrogen (secondary N) is 2. The Morgan fingerprint density at radius 3 is 2.62 bits per heavy atom. The van der Waals surface area contributed by atoms with Crippen LogP contribution in [0.1, 0.15) is 19.3 Å². The van der Waals surface area contributed by atoms with Crippen LogP contribution >= 0.6 is 0 Å². The lowest BCUT2D eigenvalue weighted by Crippen LogP contribution is -2.34. The van der Waals surface area contributed by atoms with Crippen LogP contribution < -0.4 is 10.0 Å². The van der Waals surface area contributed by atoms with Gasteiger partial charge in [-0.3, -0.25) is 9.52 Å². The molecule has 0 radical (unpaired) electrons. The first-order chi connectivity index (χ1) is 7.47. The summed E-state index contributed by atoms with van der Waals surface area (Å²) in [7, 11) is -3.44. The van der Waals surface area contributed by atoms with E-state index in [1.54, 1.807) is 0 Å². The Kier molecular flexibility index (Phi) is 5.17. The van der Waals surface area contributed by atoms with Crippen LogP contribution in [0.5, 0.6) is 0 Å². The number of ether oxygens (including phenoxy) is 1. The maximum atomic E-state index is 11.1. The molecule has 1 aliphatic heterocycles. The lowest BCUT2D eigenvalue weighted by molar-refractivity contribution is -0.121. The van der Waals surface area contributed by atoms with E-state index in [9.17, 15) is 13.2 Å². The summed E-state index contributed by atoms with van der Waals surface area (Å²) in [5.41, 5.74) is 0. The van der Waals surface area contributed by atoms with E-state index in [2.05, 4.69) is 5.32 Å². The summed E-state index contributed by atoms with van der Waals surface area (Å²) < 4.78 is 28.8. The smallest absolute Gasteiger partial charge is 0.235 e. The minimum Gasteiger partial charge on any atom is -0.378 e. The molecule has 0 aromatic rings. The van der Waals surface area contributed by atoms with Gasteiger partial charge < -0.3 is 10.1 Å². The molecular formula is C9H18N2O4S. The molecule has 0 saturated carbocycles. The van der Waals surface area contributed by atoms with Gasteiger partial charge in [0.05, 0.1) is 25.4 Å². The summed E-state index contributed by atoms with van der Waals surface area (Å²) in [5, 5.41) is 3.21. The molecule has 7 heteroatoms. The zero-order valence-electron chi connectivity index (χ0n) is 9.36. The molecule has 0 unspecified atom stereocenters. The first-order valence-corrected chi connectivity index (χ1v) is 7.19. The fraction of sp³-hybridized carbons (Fsp3) is 0.889. The number of hydrogen-bond donors (Lipinski definition) is 2. The Bertz CT molecular complexity index is 322. The quantitative estimate of drug-likeness (QED) is 0.669. The van der Waals surface area contributed by atoms with Crippen LogP contribution in [0.4, 0.5) is 0 Å². The van der Waals surface area contributed by atoms with E-state index in [4.69, 9.17) is 4.74 Å². The zero-order valence-corrected chi connectivity index (χ0v) is 10.2. The second-order valence-corrected chi connectivity index (χ2v) is 5.62. The fourth-order valence-electron chi connectivity index (χ4n) is 1.54. The molecule has 2 N–H and O–H groups in total. The second-order valence-electron chi connectivity index (χ2n) is 3.87. The highest BCUT2D eigenvalue weighted by Gasteiger charge is 2.14. The van der Waals surface area contributed by atoms with E-state index >= 15 is 0 Å². The molecule has 0 atom stereocenters. The first kappa shape index (κ1) is 13.4. The van der Waals surface area contributed by atoms with Crippen LogP contribution in [0.25, 0.3) is 0 Å². The highest BCUT2D eigenvalue weighted by Crippen LogP contribution is 2.07. The Labute approximate surface area is 95.8 Å². The van der Waals surface area contributed by atoms with E-state index in [-0.39, 0.29) is 19.1 Å². The van der Waals surface area contributed by atoms with Gasteiger partial charge in [-0.25, -0.2) is 8.42 Å². The molecule has 1 amide bonds. The van der Waals surface area contributed by atoms with Crippen molar-refractivity contribution < 1.29 is 17.9 Å². The molecule has 16 heavy (non-hydrogen) atoms. The first-order valence-electron chi connectivity index (χ1n) is 5.30. The van der Waals surface area contributed by atoms with Crippen molar-refractivity contribution in [1.29, 1.82) is 0 Å². The third-order valence-electron chi connectivity index (χ3n) is 2.27. The Balaban J connectivity index is 2.12. The molecule has 0 aliphatic carbocycles. The van der Waals surface area contributed by atoms with Gasteiger partial charge in [0.1, 0.15) is 0 Å². The van der Waals surface area contributed by atoms with E-state index in [1.807, 2.05) is 4.72 Å². The third kappa shape index (κ3) is 6.04. The van der Waals surface area contributed by atoms with Gasteiger partial charge in [-0.15, -0.1) is 0 Å². The van der Waals surface area contributed by atoms with Crippen molar-refractivity contribution in [2.75, 3.05) is 26.0 Å². The molecule has 1 rings (SSSR count). The van der Waals surface area contributed by atoms with Crippen LogP contribution in [0.3, 0.4) is 0 Å². The van der Waals surface area contributed by atoms with Crippen molar-refractivity contribution >= 4 is 15.9 Å². The predicted octanol–water partition coefficient (Wildman–Crippen LogP) is -0.779. The average molecular weight is 250 g/mol. The van der Waals surface area contributed by atoms with Crippen LogP contribution in [-0.4, -0.2) is 46.4 Å². The number of rotatable bonds is 5. The standard InChI is InChI=1S/C9H18N2O4S/c1-16(13,14)11-9(12)4-7-15-8-2-5-10-6-3-8/h8,10H,2-7H2,1H3,(H,11,12). The average Bonchev–Trinajstić information content (AvgIpc) is 2.16. The van der Waals surface area contributed by atoms with Gasteiger partial charge in [-0.1, -0.05) is 0 Å². The molecule has 0 aromatic heterocycles. The van der Waals surface area contributed by atoms with Crippen molar-refractivity contribution in [3.05, 3.63) is 0 Å². The molecular weight excluding hydrogens is 232 g/mol. The van der Waals surface area contributed by atoms with Gasteiger partial charge in [0.25, 0.3) is 0 Å². The normalized spacial score (nSPS) is 18.3. The number of hydrogen-bond acceptors (Lipinski definition) is 5. The van der Waals surface area contributed by atoms with Crippen LogP contribution in [-0.2, 0) is 19.6 Å². The molecule has 0 aromatic carbocycles. The van der Waals surface area contributed by atoms with E-state index < -0.39 is 15.9 Å². The summed E-state index contributed by atoms with van der Waals surface area (Å²) in [6.07, 6.45) is 3.10. The number of carbonyl (C=O) groups excluding carboxylic acids is 1. The molecule has 1 saturated heterocycles. The lowest BCUT2D eigenvalue weighted by Gasteiger charge is -2.22.